The molecule has 0 fully saturated rings. The topological polar surface area (TPSA) is 71.1 Å². The van der Waals surface area contributed by atoms with E-state index in [0.717, 1.165) is 4.47 Å². The Balaban J connectivity index is 2.07. The van der Waals surface area contributed by atoms with Crippen molar-refractivity contribution in [2.24, 2.45) is 7.05 Å². The Morgan fingerprint density at radius 3 is 2.32 bits per heavy atom. The van der Waals surface area contributed by atoms with Gasteiger partial charge in [-0.25, -0.2) is 9.78 Å². The molecule has 25 heavy (non-hydrogen) atoms. The van der Waals surface area contributed by atoms with Crippen LogP contribution >= 0.6 is 15.9 Å². The monoisotopic (exact) mass is 406 g/mol. The molecule has 0 spiro atoms. The molecule has 0 aliphatic heterocycles. The Morgan fingerprint density at radius 2 is 1.72 bits per heavy atom. The van der Waals surface area contributed by atoms with E-state index in [1.54, 1.807) is 18.5 Å². The number of rotatable bonds is 5. The van der Waals surface area contributed by atoms with Gasteiger partial charge in [0.15, 0.2) is 11.2 Å². The van der Waals surface area contributed by atoms with E-state index in [0.29, 0.717) is 35.8 Å². The maximum atomic E-state index is 12.6. The number of hydrogen-bond donors (Lipinski definition) is 0. The molecule has 0 unspecified atom stereocenters. The van der Waals surface area contributed by atoms with Crippen LogP contribution in [0.15, 0.2) is 38.3 Å². The molecule has 0 saturated heterocycles. The second kappa shape index (κ2) is 6.87. The molecule has 0 atom stereocenters. The quantitative estimate of drug-likeness (QED) is 0.651. The molecule has 3 rings (SSSR count). The Morgan fingerprint density at radius 1 is 1.08 bits per heavy atom. The third-order valence-corrected chi connectivity index (χ3v) is 4.68. The number of hydrogen-bond acceptors (Lipinski definition) is 4. The van der Waals surface area contributed by atoms with E-state index in [1.165, 1.54) is 9.13 Å². The summed E-state index contributed by atoms with van der Waals surface area (Å²) in [4.78, 5) is 29.6. The summed E-state index contributed by atoms with van der Waals surface area (Å²) >= 11 is 3.38. The minimum atomic E-state index is -0.332. The van der Waals surface area contributed by atoms with Gasteiger partial charge in [-0.1, -0.05) is 15.9 Å². The van der Waals surface area contributed by atoms with Crippen molar-refractivity contribution in [3.8, 4) is 5.75 Å². The zero-order chi connectivity index (χ0) is 18.1. The smallest absolute Gasteiger partial charge is 0.332 e. The fourth-order valence-corrected chi connectivity index (χ4v) is 3.04. The van der Waals surface area contributed by atoms with Crippen molar-refractivity contribution in [3.05, 3.63) is 55.4 Å². The van der Waals surface area contributed by atoms with Crippen molar-refractivity contribution in [1.82, 2.24) is 18.7 Å². The average Bonchev–Trinajstić information content (AvgIpc) is 2.92. The van der Waals surface area contributed by atoms with Crippen molar-refractivity contribution in [2.45, 2.75) is 33.5 Å². The first-order valence-corrected chi connectivity index (χ1v) is 8.84. The van der Waals surface area contributed by atoms with Crippen LogP contribution in [0.4, 0.5) is 0 Å². The molecular formula is C17H19BrN4O3. The molecule has 0 bridgehead atoms. The van der Waals surface area contributed by atoms with Gasteiger partial charge in [0.2, 0.25) is 0 Å². The molecule has 3 aromatic rings. The molecule has 1 aromatic carbocycles. The first-order chi connectivity index (χ1) is 12.0. The van der Waals surface area contributed by atoms with Gasteiger partial charge in [-0.3, -0.25) is 13.9 Å². The molecule has 8 heteroatoms. The van der Waals surface area contributed by atoms with E-state index in [-0.39, 0.29) is 17.9 Å². The first-order valence-electron chi connectivity index (χ1n) is 8.05. The van der Waals surface area contributed by atoms with Gasteiger partial charge in [0.05, 0.1) is 0 Å². The van der Waals surface area contributed by atoms with E-state index in [1.807, 2.05) is 31.2 Å². The van der Waals surface area contributed by atoms with Crippen LogP contribution in [0.25, 0.3) is 11.2 Å². The number of fused-ring (bicyclic) bond motifs is 1. The molecule has 0 saturated carbocycles. The number of benzene rings is 1. The van der Waals surface area contributed by atoms with Crippen LogP contribution in [-0.4, -0.2) is 18.7 Å². The highest BCUT2D eigenvalue weighted by atomic mass is 79.9. The molecule has 0 aliphatic rings. The second-order valence-corrected chi connectivity index (χ2v) is 6.49. The molecule has 2 aromatic heterocycles. The van der Waals surface area contributed by atoms with Gasteiger partial charge < -0.3 is 9.30 Å². The molecule has 0 amide bonds. The zero-order valence-electron chi connectivity index (χ0n) is 14.3. The van der Waals surface area contributed by atoms with E-state index in [2.05, 4.69) is 20.9 Å². The number of halogens is 1. The normalized spacial score (nSPS) is 11.2. The van der Waals surface area contributed by atoms with Gasteiger partial charge in [0, 0.05) is 24.6 Å². The number of aryl methyl sites for hydroxylation is 2. The minimum Gasteiger partial charge on any atom is -0.486 e. The van der Waals surface area contributed by atoms with Crippen LogP contribution < -0.4 is 16.0 Å². The van der Waals surface area contributed by atoms with Crippen LogP contribution in [0.3, 0.4) is 0 Å². The second-order valence-electron chi connectivity index (χ2n) is 5.58. The van der Waals surface area contributed by atoms with Crippen molar-refractivity contribution < 1.29 is 4.74 Å². The number of aromatic nitrogens is 4. The molecule has 7 nitrogen and oxygen atoms in total. The lowest BCUT2D eigenvalue weighted by atomic mass is 10.3. The number of nitrogens with zero attached hydrogens (tertiary/aromatic N) is 4. The van der Waals surface area contributed by atoms with E-state index >= 15 is 0 Å². The summed E-state index contributed by atoms with van der Waals surface area (Å²) in [7, 11) is 1.77. The SMILES string of the molecule is CCn1c(=O)c2c(nc(COc3ccc(Br)cc3)n2C)n(CC)c1=O. The van der Waals surface area contributed by atoms with Gasteiger partial charge in [0.1, 0.15) is 18.2 Å². The van der Waals surface area contributed by atoms with E-state index in [9.17, 15) is 9.59 Å². The summed E-state index contributed by atoms with van der Waals surface area (Å²) in [6.07, 6.45) is 0. The summed E-state index contributed by atoms with van der Waals surface area (Å²) in [6.45, 7) is 4.61. The maximum Gasteiger partial charge on any atom is 0.332 e. The van der Waals surface area contributed by atoms with Crippen molar-refractivity contribution >= 4 is 27.1 Å². The summed E-state index contributed by atoms with van der Waals surface area (Å²) in [6, 6.07) is 7.47. The van der Waals surface area contributed by atoms with E-state index in [4.69, 9.17) is 4.74 Å². The van der Waals surface area contributed by atoms with Crippen LogP contribution in [0, 0.1) is 0 Å². The maximum absolute atomic E-state index is 12.6. The average molecular weight is 407 g/mol. The zero-order valence-corrected chi connectivity index (χ0v) is 15.9. The Labute approximate surface area is 152 Å². The molecule has 0 N–H and O–H groups in total. The van der Waals surface area contributed by atoms with Gasteiger partial charge >= 0.3 is 5.69 Å². The number of ether oxygens (including phenoxy) is 1. The van der Waals surface area contributed by atoms with Crippen LogP contribution in [-0.2, 0) is 26.7 Å². The van der Waals surface area contributed by atoms with Crippen molar-refractivity contribution in [3.63, 3.8) is 0 Å². The summed E-state index contributed by atoms with van der Waals surface area (Å²) < 4.78 is 11.2. The first kappa shape index (κ1) is 17.5. The Kier molecular flexibility index (Phi) is 4.80. The molecule has 0 aliphatic carbocycles. The minimum absolute atomic E-state index is 0.205. The fraction of sp³-hybridized carbons (Fsp3) is 0.353. The lowest BCUT2D eigenvalue weighted by Gasteiger charge is -2.08. The number of imidazole rings is 1. The summed E-state index contributed by atoms with van der Waals surface area (Å²) in [5.41, 5.74) is 0.162. The van der Waals surface area contributed by atoms with Crippen LogP contribution in [0.2, 0.25) is 0 Å². The largest absolute Gasteiger partial charge is 0.486 e. The van der Waals surface area contributed by atoms with Gasteiger partial charge in [-0.05, 0) is 38.1 Å². The highest BCUT2D eigenvalue weighted by molar-refractivity contribution is 9.10. The van der Waals surface area contributed by atoms with Gasteiger partial charge in [0.25, 0.3) is 5.56 Å². The predicted molar refractivity (Wildman–Crippen MR) is 99.1 cm³/mol. The van der Waals surface area contributed by atoms with Crippen molar-refractivity contribution in [2.75, 3.05) is 0 Å². The molecule has 0 radical (unpaired) electrons. The molecule has 132 valence electrons. The third-order valence-electron chi connectivity index (χ3n) is 4.15. The van der Waals surface area contributed by atoms with Crippen LogP contribution in [0.5, 0.6) is 5.75 Å². The van der Waals surface area contributed by atoms with E-state index < -0.39 is 0 Å². The summed E-state index contributed by atoms with van der Waals surface area (Å²) in [5, 5.41) is 0. The molecular weight excluding hydrogens is 388 g/mol. The van der Waals surface area contributed by atoms with Crippen LogP contribution in [0.1, 0.15) is 19.7 Å². The van der Waals surface area contributed by atoms with Crippen molar-refractivity contribution in [1.29, 1.82) is 0 Å². The van der Waals surface area contributed by atoms with Gasteiger partial charge in [-0.15, -0.1) is 0 Å². The predicted octanol–water partition coefficient (Wildman–Crippen LogP) is 2.28. The Hall–Kier alpha value is -2.35. The highest BCUT2D eigenvalue weighted by Crippen LogP contribution is 2.18. The van der Waals surface area contributed by atoms with Gasteiger partial charge in [-0.2, -0.15) is 0 Å². The fourth-order valence-electron chi connectivity index (χ4n) is 2.78. The lowest BCUT2D eigenvalue weighted by Crippen LogP contribution is -2.39. The standard InChI is InChI=1S/C17H19BrN4O3/c1-4-21-15-14(16(23)22(5-2)17(21)24)20(3)13(19-15)10-25-12-8-6-11(18)7-9-12/h6-9H,4-5,10H2,1-3H3. The third kappa shape index (κ3) is 3.02. The highest BCUT2D eigenvalue weighted by Gasteiger charge is 2.18. The lowest BCUT2D eigenvalue weighted by molar-refractivity contribution is 0.292. The molecule has 2 heterocycles. The summed E-state index contributed by atoms with van der Waals surface area (Å²) in [5.74, 6) is 1.29. The Bertz CT molecular complexity index is 1030.